The Bertz CT molecular complexity index is 583. The van der Waals surface area contributed by atoms with Gasteiger partial charge >= 0.3 is 6.09 Å². The van der Waals surface area contributed by atoms with Crippen molar-refractivity contribution in [3.05, 3.63) is 39.7 Å². The van der Waals surface area contributed by atoms with Gasteiger partial charge in [-0.05, 0) is 26.8 Å². The maximum atomic E-state index is 13.5. The minimum Gasteiger partial charge on any atom is -0.443 e. The zero-order valence-electron chi connectivity index (χ0n) is 11.6. The van der Waals surface area contributed by atoms with Gasteiger partial charge in [-0.2, -0.15) is 0 Å². The molecule has 2 N–H and O–H groups in total. The second-order valence-corrected chi connectivity index (χ2v) is 5.00. The molecule has 0 fully saturated rings. The van der Waals surface area contributed by atoms with E-state index in [1.54, 1.807) is 20.8 Å². The van der Waals surface area contributed by atoms with Crippen molar-refractivity contribution in [2.24, 2.45) is 0 Å². The van der Waals surface area contributed by atoms with Crippen LogP contribution in [0.4, 0.5) is 14.9 Å². The number of carbonyl (C=O) groups is 2. The lowest BCUT2D eigenvalue weighted by Gasteiger charge is -2.19. The summed E-state index contributed by atoms with van der Waals surface area (Å²) in [7, 11) is 0. The predicted octanol–water partition coefficient (Wildman–Crippen LogP) is 1.90. The Labute approximate surface area is 119 Å². The lowest BCUT2D eigenvalue weighted by atomic mass is 10.2. The van der Waals surface area contributed by atoms with Crippen LogP contribution in [0, 0.1) is 15.9 Å². The number of nitro groups is 1. The Morgan fingerprint density at radius 1 is 1.29 bits per heavy atom. The third-order valence-electron chi connectivity index (χ3n) is 2.09. The van der Waals surface area contributed by atoms with E-state index >= 15 is 0 Å². The summed E-state index contributed by atoms with van der Waals surface area (Å²) in [6.45, 7) is 4.89. The first-order valence-corrected chi connectivity index (χ1v) is 5.83. The summed E-state index contributed by atoms with van der Waals surface area (Å²) in [5.41, 5.74) is 2.19. The first-order chi connectivity index (χ1) is 9.60. The Kier molecular flexibility index (Phi) is 4.79. The van der Waals surface area contributed by atoms with Gasteiger partial charge in [-0.15, -0.1) is 0 Å². The summed E-state index contributed by atoms with van der Waals surface area (Å²) >= 11 is 0. The van der Waals surface area contributed by atoms with E-state index in [4.69, 9.17) is 4.74 Å². The van der Waals surface area contributed by atoms with Gasteiger partial charge in [-0.1, -0.05) is 0 Å². The van der Waals surface area contributed by atoms with Gasteiger partial charge in [0.25, 0.3) is 11.6 Å². The molecular formula is C12H14FN3O5. The largest absolute Gasteiger partial charge is 0.443 e. The molecule has 0 aromatic heterocycles. The van der Waals surface area contributed by atoms with Crippen molar-refractivity contribution in [2.75, 3.05) is 0 Å². The Morgan fingerprint density at radius 2 is 1.90 bits per heavy atom. The molecule has 0 heterocycles. The van der Waals surface area contributed by atoms with Crippen LogP contribution in [0.25, 0.3) is 0 Å². The van der Waals surface area contributed by atoms with Gasteiger partial charge in [-0.3, -0.25) is 20.3 Å². The topological polar surface area (TPSA) is 111 Å². The quantitative estimate of drug-likeness (QED) is 0.640. The number of nitrogens with zero attached hydrogens (tertiary/aromatic N) is 1. The Balaban J connectivity index is 2.68. The molecule has 0 radical (unpaired) electrons. The van der Waals surface area contributed by atoms with Crippen LogP contribution in [0.1, 0.15) is 31.1 Å². The fourth-order valence-electron chi connectivity index (χ4n) is 1.28. The van der Waals surface area contributed by atoms with Crippen molar-refractivity contribution in [3.63, 3.8) is 0 Å². The Morgan fingerprint density at radius 3 is 2.38 bits per heavy atom. The number of ether oxygens (including phenoxy) is 1. The van der Waals surface area contributed by atoms with Crippen LogP contribution in [-0.4, -0.2) is 22.5 Å². The van der Waals surface area contributed by atoms with Gasteiger partial charge in [0.15, 0.2) is 0 Å². The van der Waals surface area contributed by atoms with Gasteiger partial charge in [-0.25, -0.2) is 14.6 Å². The molecule has 0 atom stereocenters. The zero-order valence-corrected chi connectivity index (χ0v) is 11.6. The fourth-order valence-corrected chi connectivity index (χ4v) is 1.28. The van der Waals surface area contributed by atoms with Gasteiger partial charge in [0.05, 0.1) is 16.6 Å². The van der Waals surface area contributed by atoms with E-state index in [0.29, 0.717) is 6.07 Å². The molecule has 0 bridgehead atoms. The van der Waals surface area contributed by atoms with E-state index in [0.717, 1.165) is 12.1 Å². The third kappa shape index (κ3) is 5.05. The lowest BCUT2D eigenvalue weighted by molar-refractivity contribution is -0.385. The van der Waals surface area contributed by atoms with Crippen LogP contribution in [0.2, 0.25) is 0 Å². The van der Waals surface area contributed by atoms with Crippen LogP contribution >= 0.6 is 0 Å². The molecule has 0 saturated heterocycles. The fraction of sp³-hybridized carbons (Fsp3) is 0.333. The highest BCUT2D eigenvalue weighted by atomic mass is 19.1. The highest BCUT2D eigenvalue weighted by molar-refractivity contribution is 5.95. The van der Waals surface area contributed by atoms with Gasteiger partial charge in [0.1, 0.15) is 11.4 Å². The van der Waals surface area contributed by atoms with Crippen molar-refractivity contribution in [3.8, 4) is 0 Å². The number of halogens is 1. The summed E-state index contributed by atoms with van der Waals surface area (Å²) in [6, 6.07) is 2.54. The summed E-state index contributed by atoms with van der Waals surface area (Å²) in [5, 5.41) is 10.4. The minimum absolute atomic E-state index is 0.448. The monoisotopic (exact) mass is 299 g/mol. The number of nitrogens with one attached hydrogen (secondary N) is 2. The molecule has 0 aliphatic heterocycles. The van der Waals surface area contributed by atoms with E-state index in [9.17, 15) is 24.1 Å². The number of non-ortho nitro benzene ring substituents is 1. The molecule has 8 nitrogen and oxygen atoms in total. The number of rotatable bonds is 2. The average Bonchev–Trinajstić information content (AvgIpc) is 2.33. The highest BCUT2D eigenvalue weighted by Gasteiger charge is 2.19. The molecule has 1 aromatic carbocycles. The predicted molar refractivity (Wildman–Crippen MR) is 69.9 cm³/mol. The van der Waals surface area contributed by atoms with E-state index in [2.05, 4.69) is 0 Å². The molecule has 0 spiro atoms. The van der Waals surface area contributed by atoms with Gasteiger partial charge in [0.2, 0.25) is 0 Å². The number of hydrazine groups is 1. The van der Waals surface area contributed by atoms with Gasteiger partial charge < -0.3 is 4.74 Å². The summed E-state index contributed by atoms with van der Waals surface area (Å²) < 4.78 is 18.4. The normalized spacial score (nSPS) is 10.7. The Hall–Kier alpha value is -2.71. The van der Waals surface area contributed by atoms with Crippen LogP contribution in [-0.2, 0) is 4.74 Å². The lowest BCUT2D eigenvalue weighted by Crippen LogP contribution is -2.44. The van der Waals surface area contributed by atoms with Crippen LogP contribution in [0.5, 0.6) is 0 Å². The maximum Gasteiger partial charge on any atom is 0.426 e. The van der Waals surface area contributed by atoms with Gasteiger partial charge in [0, 0.05) is 6.07 Å². The maximum absolute atomic E-state index is 13.5. The molecule has 1 rings (SSSR count). The molecule has 2 amide bonds. The number of benzene rings is 1. The molecular weight excluding hydrogens is 285 g/mol. The third-order valence-corrected chi connectivity index (χ3v) is 2.09. The summed E-state index contributed by atoms with van der Waals surface area (Å²) in [6.07, 6.45) is -0.918. The van der Waals surface area contributed by atoms with Crippen molar-refractivity contribution in [1.29, 1.82) is 0 Å². The van der Waals surface area contributed by atoms with E-state index in [1.807, 2.05) is 10.9 Å². The molecule has 0 saturated carbocycles. The molecule has 0 unspecified atom stereocenters. The molecule has 21 heavy (non-hydrogen) atoms. The molecule has 9 heteroatoms. The second-order valence-electron chi connectivity index (χ2n) is 5.00. The summed E-state index contributed by atoms with van der Waals surface area (Å²) in [4.78, 5) is 32.6. The highest BCUT2D eigenvalue weighted by Crippen LogP contribution is 2.16. The summed E-state index contributed by atoms with van der Waals surface area (Å²) in [5.74, 6) is -2.04. The van der Waals surface area contributed by atoms with Crippen molar-refractivity contribution in [1.82, 2.24) is 10.9 Å². The minimum atomic E-state index is -1.08. The number of hydrogen-bond acceptors (Lipinski definition) is 5. The smallest absolute Gasteiger partial charge is 0.426 e. The van der Waals surface area contributed by atoms with E-state index < -0.39 is 39.6 Å². The number of amides is 2. The average molecular weight is 299 g/mol. The zero-order chi connectivity index (χ0) is 16.2. The number of carbonyl (C=O) groups excluding carboxylic acids is 2. The molecule has 0 aliphatic carbocycles. The van der Waals surface area contributed by atoms with E-state index in [1.165, 1.54) is 0 Å². The number of hydrogen-bond donors (Lipinski definition) is 2. The molecule has 1 aromatic rings. The van der Waals surface area contributed by atoms with Crippen LogP contribution in [0.3, 0.4) is 0 Å². The van der Waals surface area contributed by atoms with E-state index in [-0.39, 0.29) is 0 Å². The molecule has 0 aliphatic rings. The SMILES string of the molecule is CC(C)(C)OC(=O)NNC(=O)c1ccc([N+](=O)[O-])cc1F. The number of nitro benzene ring substituents is 1. The first-order valence-electron chi connectivity index (χ1n) is 5.83. The second kappa shape index (κ2) is 6.16. The van der Waals surface area contributed by atoms with Crippen molar-refractivity contribution < 1.29 is 23.6 Å². The van der Waals surface area contributed by atoms with Crippen LogP contribution in [0.15, 0.2) is 18.2 Å². The molecule has 114 valence electrons. The van der Waals surface area contributed by atoms with Crippen LogP contribution < -0.4 is 10.9 Å². The van der Waals surface area contributed by atoms with Crippen molar-refractivity contribution in [2.45, 2.75) is 26.4 Å². The first kappa shape index (κ1) is 16.3. The standard InChI is InChI=1S/C12H14FN3O5/c1-12(2,3)21-11(18)15-14-10(17)8-5-4-7(16(19)20)6-9(8)13/h4-6H,1-3H3,(H,14,17)(H,15,18). The van der Waals surface area contributed by atoms with Crippen molar-refractivity contribution >= 4 is 17.7 Å².